The van der Waals surface area contributed by atoms with Crippen LogP contribution in [0.3, 0.4) is 0 Å². The highest BCUT2D eigenvalue weighted by Crippen LogP contribution is 2.17. The number of piperidine rings is 1. The van der Waals surface area contributed by atoms with Gasteiger partial charge in [0, 0.05) is 37.7 Å². The van der Waals surface area contributed by atoms with Crippen LogP contribution < -0.4 is 4.72 Å². The maximum absolute atomic E-state index is 12.5. The number of benzene rings is 2. The topological polar surface area (TPSA) is 69.7 Å². The average molecular weight is 436 g/mol. The van der Waals surface area contributed by atoms with E-state index in [4.69, 9.17) is 11.6 Å². The Morgan fingerprint density at radius 2 is 1.72 bits per heavy atom. The summed E-state index contributed by atoms with van der Waals surface area (Å²) in [7, 11) is -1.76. The van der Waals surface area contributed by atoms with Gasteiger partial charge in [-0.1, -0.05) is 41.9 Å². The lowest BCUT2D eigenvalue weighted by Gasteiger charge is -2.32. The molecule has 1 amide bonds. The Bertz CT molecular complexity index is 912. The molecule has 2 aromatic rings. The fourth-order valence-electron chi connectivity index (χ4n) is 3.37. The Morgan fingerprint density at radius 3 is 2.34 bits per heavy atom. The van der Waals surface area contributed by atoms with Gasteiger partial charge in [0.25, 0.3) is 0 Å². The minimum Gasteiger partial charge on any atom is -0.340 e. The third kappa shape index (κ3) is 6.27. The Balaban J connectivity index is 1.46. The molecule has 1 N–H and O–H groups in total. The van der Waals surface area contributed by atoms with Gasteiger partial charge in [0.15, 0.2) is 0 Å². The molecule has 29 heavy (non-hydrogen) atoms. The molecule has 2 aromatic carbocycles. The number of rotatable bonds is 7. The summed E-state index contributed by atoms with van der Waals surface area (Å²) in [6.07, 6.45) is 1.34. The van der Waals surface area contributed by atoms with Gasteiger partial charge >= 0.3 is 0 Å². The lowest BCUT2D eigenvalue weighted by atomic mass is 10.1. The zero-order chi connectivity index (χ0) is 20.9. The number of nitrogens with one attached hydrogen (secondary N) is 1. The molecular weight excluding hydrogens is 410 g/mol. The first-order valence-electron chi connectivity index (χ1n) is 9.61. The van der Waals surface area contributed by atoms with Crippen molar-refractivity contribution in [3.8, 4) is 0 Å². The van der Waals surface area contributed by atoms with Crippen molar-refractivity contribution < 1.29 is 13.2 Å². The van der Waals surface area contributed by atoms with Gasteiger partial charge in [-0.15, -0.1) is 0 Å². The lowest BCUT2D eigenvalue weighted by molar-refractivity contribution is -0.131. The number of carbonyl (C=O) groups is 1. The summed E-state index contributed by atoms with van der Waals surface area (Å²) in [4.78, 5) is 16.5. The third-order valence-corrected chi connectivity index (χ3v) is 6.87. The summed E-state index contributed by atoms with van der Waals surface area (Å²) in [6, 6.07) is 15.9. The number of likely N-dealkylation sites (tertiary alicyclic amines) is 1. The number of sulfonamides is 1. The number of amides is 1. The van der Waals surface area contributed by atoms with Gasteiger partial charge in [0.1, 0.15) is 0 Å². The zero-order valence-electron chi connectivity index (χ0n) is 16.4. The molecule has 1 aliphatic heterocycles. The number of halogens is 1. The SMILES string of the molecule is CN(Cc1ccccc1)C(=O)CN1CCC(NS(=O)(=O)c2ccc(Cl)cc2)CC1. The van der Waals surface area contributed by atoms with E-state index < -0.39 is 10.0 Å². The van der Waals surface area contributed by atoms with Crippen LogP contribution in [0.4, 0.5) is 0 Å². The van der Waals surface area contributed by atoms with Crippen molar-refractivity contribution in [2.45, 2.75) is 30.3 Å². The predicted molar refractivity (Wildman–Crippen MR) is 114 cm³/mol. The first kappa shape index (κ1) is 21.8. The summed E-state index contributed by atoms with van der Waals surface area (Å²) < 4.78 is 27.8. The van der Waals surface area contributed by atoms with Gasteiger partial charge in [-0.2, -0.15) is 0 Å². The minimum absolute atomic E-state index is 0.0639. The van der Waals surface area contributed by atoms with Crippen LogP contribution in [-0.2, 0) is 21.4 Å². The Morgan fingerprint density at radius 1 is 1.10 bits per heavy atom. The van der Waals surface area contributed by atoms with Crippen molar-refractivity contribution in [2.75, 3.05) is 26.7 Å². The highest BCUT2D eigenvalue weighted by atomic mass is 35.5. The van der Waals surface area contributed by atoms with Gasteiger partial charge in [-0.05, 0) is 42.7 Å². The Labute approximate surface area is 177 Å². The second-order valence-corrected chi connectivity index (χ2v) is 9.51. The molecule has 8 heteroatoms. The van der Waals surface area contributed by atoms with Gasteiger partial charge < -0.3 is 4.90 Å². The van der Waals surface area contributed by atoms with Crippen LogP contribution in [0.25, 0.3) is 0 Å². The minimum atomic E-state index is -3.57. The summed E-state index contributed by atoms with van der Waals surface area (Å²) >= 11 is 5.83. The fourth-order valence-corrected chi connectivity index (χ4v) is 4.80. The molecular formula is C21H26ClN3O3S. The van der Waals surface area contributed by atoms with Crippen molar-refractivity contribution in [1.82, 2.24) is 14.5 Å². The largest absolute Gasteiger partial charge is 0.340 e. The van der Waals surface area contributed by atoms with Crippen LogP contribution in [0.2, 0.25) is 5.02 Å². The summed E-state index contributed by atoms with van der Waals surface area (Å²) in [6.45, 7) is 2.29. The summed E-state index contributed by atoms with van der Waals surface area (Å²) in [5, 5.41) is 0.499. The van der Waals surface area contributed by atoms with Crippen LogP contribution in [0.1, 0.15) is 18.4 Å². The highest BCUT2D eigenvalue weighted by Gasteiger charge is 2.26. The average Bonchev–Trinajstić information content (AvgIpc) is 2.70. The van der Waals surface area contributed by atoms with Gasteiger partial charge in [0.05, 0.1) is 11.4 Å². The quantitative estimate of drug-likeness (QED) is 0.726. The Hall–Kier alpha value is -1.93. The molecule has 6 nitrogen and oxygen atoms in total. The molecule has 1 heterocycles. The molecule has 156 valence electrons. The van der Waals surface area contributed by atoms with E-state index in [1.807, 2.05) is 37.4 Å². The van der Waals surface area contributed by atoms with Crippen LogP contribution >= 0.6 is 11.6 Å². The van der Waals surface area contributed by atoms with Crippen molar-refractivity contribution in [1.29, 1.82) is 0 Å². The van der Waals surface area contributed by atoms with E-state index in [-0.39, 0.29) is 16.8 Å². The van der Waals surface area contributed by atoms with E-state index in [1.54, 1.807) is 17.0 Å². The number of nitrogens with zero attached hydrogens (tertiary/aromatic N) is 2. The predicted octanol–water partition coefficient (Wildman–Crippen LogP) is 2.74. The number of carbonyl (C=O) groups excluding carboxylic acids is 1. The molecule has 1 saturated heterocycles. The van der Waals surface area contributed by atoms with Gasteiger partial charge in [-0.3, -0.25) is 9.69 Å². The molecule has 0 atom stereocenters. The van der Waals surface area contributed by atoms with Crippen molar-refractivity contribution in [2.24, 2.45) is 0 Å². The maximum Gasteiger partial charge on any atom is 0.240 e. The molecule has 0 aromatic heterocycles. The molecule has 0 bridgehead atoms. The second kappa shape index (κ2) is 9.71. The second-order valence-electron chi connectivity index (χ2n) is 7.36. The smallest absolute Gasteiger partial charge is 0.240 e. The van der Waals surface area contributed by atoms with E-state index >= 15 is 0 Å². The first-order valence-corrected chi connectivity index (χ1v) is 11.5. The van der Waals surface area contributed by atoms with Gasteiger partial charge in [-0.25, -0.2) is 13.1 Å². The van der Waals surface area contributed by atoms with Crippen molar-refractivity contribution in [3.05, 3.63) is 65.2 Å². The molecule has 1 fully saturated rings. The zero-order valence-corrected chi connectivity index (χ0v) is 18.0. The normalized spacial score (nSPS) is 15.9. The summed E-state index contributed by atoms with van der Waals surface area (Å²) in [5.41, 5.74) is 1.10. The molecule has 1 aliphatic rings. The summed E-state index contributed by atoms with van der Waals surface area (Å²) in [5.74, 6) is 0.0639. The van der Waals surface area contributed by atoms with Gasteiger partial charge in [0.2, 0.25) is 15.9 Å². The molecule has 0 aliphatic carbocycles. The van der Waals surface area contributed by atoms with E-state index in [2.05, 4.69) is 9.62 Å². The monoisotopic (exact) mass is 435 g/mol. The van der Waals surface area contributed by atoms with Crippen LogP contribution in [0.15, 0.2) is 59.5 Å². The molecule has 0 saturated carbocycles. The molecule has 0 radical (unpaired) electrons. The molecule has 0 unspecified atom stereocenters. The van der Waals surface area contributed by atoms with E-state index in [9.17, 15) is 13.2 Å². The molecule has 3 rings (SSSR count). The number of hydrogen-bond acceptors (Lipinski definition) is 4. The number of hydrogen-bond donors (Lipinski definition) is 1. The van der Waals surface area contributed by atoms with E-state index in [1.165, 1.54) is 12.1 Å². The lowest BCUT2D eigenvalue weighted by Crippen LogP contribution is -2.47. The van der Waals surface area contributed by atoms with Crippen LogP contribution in [0.5, 0.6) is 0 Å². The number of likely N-dealkylation sites (N-methyl/N-ethyl adjacent to an activating group) is 1. The maximum atomic E-state index is 12.5. The third-order valence-electron chi connectivity index (χ3n) is 5.08. The van der Waals surface area contributed by atoms with E-state index in [0.29, 0.717) is 44.0 Å². The first-order chi connectivity index (χ1) is 13.8. The molecule has 0 spiro atoms. The van der Waals surface area contributed by atoms with E-state index in [0.717, 1.165) is 5.56 Å². The van der Waals surface area contributed by atoms with Crippen molar-refractivity contribution >= 4 is 27.5 Å². The van der Waals surface area contributed by atoms with Crippen LogP contribution in [0, 0.1) is 0 Å². The fraction of sp³-hybridized carbons (Fsp3) is 0.381. The Kier molecular flexibility index (Phi) is 7.29. The van der Waals surface area contributed by atoms with Crippen LogP contribution in [-0.4, -0.2) is 56.8 Å². The highest BCUT2D eigenvalue weighted by molar-refractivity contribution is 7.89. The van der Waals surface area contributed by atoms with Crippen molar-refractivity contribution in [3.63, 3.8) is 0 Å². The standard InChI is InChI=1S/C21H26ClN3O3S/c1-24(15-17-5-3-2-4-6-17)21(26)16-25-13-11-19(12-14-25)23-29(27,28)20-9-7-18(22)8-10-20/h2-10,19,23H,11-16H2,1H3.